The van der Waals surface area contributed by atoms with Crippen LogP contribution in [-0.4, -0.2) is 43.0 Å². The molecule has 1 atom stereocenters. The molecule has 1 aromatic carbocycles. The zero-order chi connectivity index (χ0) is 18.9. The molecule has 2 amide bonds. The van der Waals surface area contributed by atoms with Crippen molar-refractivity contribution in [2.24, 2.45) is 11.8 Å². The summed E-state index contributed by atoms with van der Waals surface area (Å²) in [7, 11) is 0. The number of benzene rings is 1. The maximum absolute atomic E-state index is 13.2. The van der Waals surface area contributed by atoms with Gasteiger partial charge in [0.2, 0.25) is 11.8 Å². The molecular weight excluding hydrogens is 408 g/mol. The highest BCUT2D eigenvalue weighted by atomic mass is 79.9. The van der Waals surface area contributed by atoms with Gasteiger partial charge in [-0.25, -0.2) is 0 Å². The molecule has 0 spiro atoms. The van der Waals surface area contributed by atoms with Gasteiger partial charge in [0, 0.05) is 36.7 Å². The first-order valence-electron chi connectivity index (χ1n) is 10.0. The molecule has 1 N–H and O–H groups in total. The zero-order valence-corrected chi connectivity index (χ0v) is 17.2. The van der Waals surface area contributed by atoms with Gasteiger partial charge in [0.1, 0.15) is 0 Å². The maximum Gasteiger partial charge on any atom is 0.225 e. The summed E-state index contributed by atoms with van der Waals surface area (Å²) in [5.41, 5.74) is 0.734. The van der Waals surface area contributed by atoms with E-state index < -0.39 is 0 Å². The molecule has 1 unspecified atom stereocenters. The number of hydrogen-bond donors (Lipinski definition) is 1. The lowest BCUT2D eigenvalue weighted by Crippen LogP contribution is -2.54. The largest absolute Gasteiger partial charge is 0.381 e. The van der Waals surface area contributed by atoms with Gasteiger partial charge in [0.15, 0.2) is 0 Å². The average molecular weight is 435 g/mol. The van der Waals surface area contributed by atoms with Crippen LogP contribution in [0.2, 0.25) is 0 Å². The Morgan fingerprint density at radius 1 is 1.15 bits per heavy atom. The number of ether oxygens (including phenoxy) is 1. The number of likely N-dealkylation sites (tertiary alicyclic amines) is 1. The van der Waals surface area contributed by atoms with Crippen LogP contribution in [0.5, 0.6) is 0 Å². The Morgan fingerprint density at radius 2 is 1.93 bits per heavy atom. The molecule has 0 bridgehead atoms. The maximum atomic E-state index is 13.2. The third-order valence-corrected chi connectivity index (χ3v) is 6.61. The lowest BCUT2D eigenvalue weighted by atomic mass is 9.81. The molecule has 2 heterocycles. The minimum absolute atomic E-state index is 0.0742. The molecule has 1 aliphatic carbocycles. The van der Waals surface area contributed by atoms with Crippen LogP contribution in [-0.2, 0) is 19.9 Å². The van der Waals surface area contributed by atoms with Crippen LogP contribution in [0.4, 0.5) is 0 Å². The first-order chi connectivity index (χ1) is 13.1. The molecule has 2 aliphatic heterocycles. The summed E-state index contributed by atoms with van der Waals surface area (Å²) in [6, 6.07) is 8.19. The van der Waals surface area contributed by atoms with Crippen LogP contribution in [0.25, 0.3) is 0 Å². The van der Waals surface area contributed by atoms with Crippen molar-refractivity contribution in [2.75, 3.05) is 26.3 Å². The number of nitrogens with one attached hydrogen (secondary N) is 1. The molecular formula is C21H27BrN2O3. The van der Waals surface area contributed by atoms with Gasteiger partial charge in [-0.05, 0) is 56.2 Å². The molecule has 6 heteroatoms. The first-order valence-corrected chi connectivity index (χ1v) is 10.8. The first kappa shape index (κ1) is 18.9. The lowest BCUT2D eigenvalue weighted by Gasteiger charge is -2.41. The molecule has 2 saturated heterocycles. The highest BCUT2D eigenvalue weighted by Crippen LogP contribution is 2.35. The topological polar surface area (TPSA) is 58.6 Å². The van der Waals surface area contributed by atoms with Gasteiger partial charge >= 0.3 is 0 Å². The fourth-order valence-corrected chi connectivity index (χ4v) is 4.71. The Balaban J connectivity index is 1.49. The summed E-state index contributed by atoms with van der Waals surface area (Å²) in [5.74, 6) is 0.425. The number of halogens is 1. The molecule has 27 heavy (non-hydrogen) atoms. The SMILES string of the molecule is O=C(NC1(c2cccc(Br)c2)CCOCC1)C1CCCN(C(=O)C2CC2)C1. The Bertz CT molecular complexity index is 713. The molecule has 0 aromatic heterocycles. The van der Waals surface area contributed by atoms with E-state index in [-0.39, 0.29) is 29.2 Å². The van der Waals surface area contributed by atoms with Crippen molar-refractivity contribution in [1.82, 2.24) is 10.2 Å². The summed E-state index contributed by atoms with van der Waals surface area (Å²) >= 11 is 3.55. The van der Waals surface area contributed by atoms with Crippen molar-refractivity contribution in [1.29, 1.82) is 0 Å². The molecule has 3 aliphatic rings. The van der Waals surface area contributed by atoms with E-state index in [4.69, 9.17) is 4.74 Å². The molecule has 5 nitrogen and oxygen atoms in total. The number of carbonyl (C=O) groups excluding carboxylic acids is 2. The number of nitrogens with zero attached hydrogens (tertiary/aromatic N) is 1. The van der Waals surface area contributed by atoms with Crippen LogP contribution in [0, 0.1) is 11.8 Å². The monoisotopic (exact) mass is 434 g/mol. The number of hydrogen-bond acceptors (Lipinski definition) is 3. The fourth-order valence-electron chi connectivity index (χ4n) is 4.31. The van der Waals surface area contributed by atoms with Crippen molar-refractivity contribution in [3.63, 3.8) is 0 Å². The van der Waals surface area contributed by atoms with Crippen molar-refractivity contribution in [2.45, 2.75) is 44.1 Å². The summed E-state index contributed by atoms with van der Waals surface area (Å²) in [6.45, 7) is 2.64. The van der Waals surface area contributed by atoms with Gasteiger partial charge in [-0.3, -0.25) is 9.59 Å². The fraction of sp³-hybridized carbons (Fsp3) is 0.619. The van der Waals surface area contributed by atoms with E-state index in [2.05, 4.69) is 33.4 Å². The van der Waals surface area contributed by atoms with E-state index in [1.807, 2.05) is 17.0 Å². The highest BCUT2D eigenvalue weighted by Gasteiger charge is 2.40. The quantitative estimate of drug-likeness (QED) is 0.790. The average Bonchev–Trinajstić information content (AvgIpc) is 3.53. The highest BCUT2D eigenvalue weighted by molar-refractivity contribution is 9.10. The summed E-state index contributed by atoms with van der Waals surface area (Å²) in [6.07, 6.45) is 5.32. The summed E-state index contributed by atoms with van der Waals surface area (Å²) in [4.78, 5) is 27.5. The van der Waals surface area contributed by atoms with E-state index in [0.29, 0.717) is 19.8 Å². The Morgan fingerprint density at radius 3 is 2.63 bits per heavy atom. The molecule has 1 aromatic rings. The second-order valence-corrected chi connectivity index (χ2v) is 9.01. The second kappa shape index (κ2) is 7.92. The van der Waals surface area contributed by atoms with Gasteiger partial charge in [0.25, 0.3) is 0 Å². The standard InChI is InChI=1S/C21H27BrN2O3/c22-18-5-1-4-17(13-18)21(8-11-27-12-9-21)23-19(25)16-3-2-10-24(14-16)20(26)15-6-7-15/h1,4-5,13,15-16H,2-3,6-12,14H2,(H,23,25). The second-order valence-electron chi connectivity index (χ2n) is 8.09. The lowest BCUT2D eigenvalue weighted by molar-refractivity contribution is -0.137. The van der Waals surface area contributed by atoms with Crippen molar-refractivity contribution < 1.29 is 14.3 Å². The zero-order valence-electron chi connectivity index (χ0n) is 15.6. The van der Waals surface area contributed by atoms with Gasteiger partial charge in [-0.15, -0.1) is 0 Å². The minimum Gasteiger partial charge on any atom is -0.381 e. The van der Waals surface area contributed by atoms with Crippen molar-refractivity contribution in [3.8, 4) is 0 Å². The van der Waals surface area contributed by atoms with E-state index in [1.54, 1.807) is 0 Å². The van der Waals surface area contributed by atoms with E-state index in [0.717, 1.165) is 55.1 Å². The van der Waals surface area contributed by atoms with Crippen LogP contribution in [0.1, 0.15) is 44.1 Å². The van der Waals surface area contributed by atoms with Crippen LogP contribution in [0.3, 0.4) is 0 Å². The Hall–Kier alpha value is -1.40. The summed E-state index contributed by atoms with van der Waals surface area (Å²) < 4.78 is 6.58. The smallest absolute Gasteiger partial charge is 0.225 e. The summed E-state index contributed by atoms with van der Waals surface area (Å²) in [5, 5.41) is 3.37. The van der Waals surface area contributed by atoms with E-state index in [9.17, 15) is 9.59 Å². The molecule has 3 fully saturated rings. The predicted molar refractivity (Wildman–Crippen MR) is 106 cm³/mol. The third-order valence-electron chi connectivity index (χ3n) is 6.12. The number of carbonyl (C=O) groups is 2. The van der Waals surface area contributed by atoms with Crippen LogP contribution in [0.15, 0.2) is 28.7 Å². The van der Waals surface area contributed by atoms with Crippen molar-refractivity contribution in [3.05, 3.63) is 34.3 Å². The molecule has 1 saturated carbocycles. The van der Waals surface area contributed by atoms with Gasteiger partial charge < -0.3 is 15.0 Å². The number of piperidine rings is 1. The Kier molecular flexibility index (Phi) is 5.55. The third kappa shape index (κ3) is 4.21. The number of amides is 2. The van der Waals surface area contributed by atoms with Gasteiger partial charge in [0.05, 0.1) is 11.5 Å². The van der Waals surface area contributed by atoms with Crippen LogP contribution < -0.4 is 5.32 Å². The van der Waals surface area contributed by atoms with Gasteiger partial charge in [-0.2, -0.15) is 0 Å². The molecule has 146 valence electrons. The van der Waals surface area contributed by atoms with E-state index >= 15 is 0 Å². The predicted octanol–water partition coefficient (Wildman–Crippen LogP) is 3.22. The molecule has 4 rings (SSSR count). The Labute approximate surface area is 169 Å². The van der Waals surface area contributed by atoms with Crippen molar-refractivity contribution >= 4 is 27.7 Å². The van der Waals surface area contributed by atoms with Crippen LogP contribution >= 0.6 is 15.9 Å². The van der Waals surface area contributed by atoms with Gasteiger partial charge in [-0.1, -0.05) is 28.1 Å². The minimum atomic E-state index is -0.387. The van der Waals surface area contributed by atoms with E-state index in [1.165, 1.54) is 0 Å². The number of rotatable bonds is 4. The normalized spacial score (nSPS) is 25.1. The molecule has 0 radical (unpaired) electrons.